The van der Waals surface area contributed by atoms with Crippen molar-refractivity contribution < 1.29 is 14.3 Å². The number of rotatable bonds is 5. The molecule has 1 heterocycles. The second-order valence-corrected chi connectivity index (χ2v) is 7.69. The van der Waals surface area contributed by atoms with Gasteiger partial charge in [-0.3, -0.25) is 9.59 Å². The number of ether oxygens (including phenoxy) is 1. The minimum atomic E-state index is -0.470. The van der Waals surface area contributed by atoms with Crippen molar-refractivity contribution in [3.05, 3.63) is 51.9 Å². The van der Waals surface area contributed by atoms with Gasteiger partial charge in [-0.25, -0.2) is 0 Å². The average Bonchev–Trinajstić information content (AvgIpc) is 2.96. The number of aryl methyl sites for hydroxylation is 1. The molecular weight excluding hydrogens is 360 g/mol. The van der Waals surface area contributed by atoms with Crippen molar-refractivity contribution in [3.63, 3.8) is 0 Å². The van der Waals surface area contributed by atoms with Gasteiger partial charge in [0.25, 0.3) is 5.91 Å². The van der Waals surface area contributed by atoms with E-state index in [-0.39, 0.29) is 5.91 Å². The number of hydrogen-bond acceptors (Lipinski definition) is 4. The Morgan fingerprint density at radius 1 is 1.11 bits per heavy atom. The maximum absolute atomic E-state index is 12.4. The van der Waals surface area contributed by atoms with Crippen LogP contribution in [-0.4, -0.2) is 18.9 Å². The first-order chi connectivity index (χ1) is 13.1. The Balaban J connectivity index is 1.77. The van der Waals surface area contributed by atoms with Crippen LogP contribution in [0.15, 0.2) is 30.3 Å². The third kappa shape index (κ3) is 4.77. The number of thiophene rings is 1. The summed E-state index contributed by atoms with van der Waals surface area (Å²) >= 11 is 1.48. The molecule has 5 nitrogen and oxygen atoms in total. The Hall–Kier alpha value is -2.60. The molecule has 0 atom stereocenters. The van der Waals surface area contributed by atoms with Gasteiger partial charge in [-0.15, -0.1) is 11.3 Å². The molecule has 3 N–H and O–H groups in total. The maximum Gasteiger partial charge on any atom is 0.251 e. The van der Waals surface area contributed by atoms with E-state index in [1.807, 2.05) is 24.3 Å². The molecule has 2 aromatic rings. The van der Waals surface area contributed by atoms with Crippen LogP contribution >= 0.6 is 11.3 Å². The summed E-state index contributed by atoms with van der Waals surface area (Å²) in [4.78, 5) is 25.6. The van der Waals surface area contributed by atoms with Gasteiger partial charge in [0.15, 0.2) is 0 Å². The van der Waals surface area contributed by atoms with Crippen LogP contribution in [0.1, 0.15) is 52.0 Å². The first-order valence-electron chi connectivity index (χ1n) is 9.16. The zero-order chi connectivity index (χ0) is 19.2. The Morgan fingerprint density at radius 2 is 1.81 bits per heavy atom. The maximum atomic E-state index is 12.4. The Labute approximate surface area is 163 Å². The number of nitrogens with one attached hydrogen (secondary N) is 1. The van der Waals surface area contributed by atoms with E-state index in [4.69, 9.17) is 10.5 Å². The molecule has 1 aromatic heterocycles. The predicted molar refractivity (Wildman–Crippen MR) is 109 cm³/mol. The predicted octanol–water partition coefficient (Wildman–Crippen LogP) is 4.17. The van der Waals surface area contributed by atoms with Crippen LogP contribution in [-0.2, 0) is 17.6 Å². The number of nitrogens with two attached hydrogens (primary N) is 1. The second-order valence-electron chi connectivity index (χ2n) is 6.58. The number of amides is 2. The van der Waals surface area contributed by atoms with Crippen LogP contribution in [0.3, 0.4) is 0 Å². The summed E-state index contributed by atoms with van der Waals surface area (Å²) in [5, 5.41) is 3.42. The van der Waals surface area contributed by atoms with Crippen molar-refractivity contribution >= 4 is 34.2 Å². The minimum Gasteiger partial charge on any atom is -0.497 e. The van der Waals surface area contributed by atoms with Crippen LogP contribution in [0.4, 0.5) is 5.00 Å². The quantitative estimate of drug-likeness (QED) is 0.759. The number of primary amides is 1. The molecule has 0 saturated heterocycles. The van der Waals surface area contributed by atoms with Crippen LogP contribution in [0.5, 0.6) is 5.75 Å². The molecule has 0 fully saturated rings. The third-order valence-corrected chi connectivity index (χ3v) is 5.90. The topological polar surface area (TPSA) is 81.4 Å². The molecule has 3 rings (SSSR count). The SMILES string of the molecule is COc1ccc(/C=C/C(=O)Nc2sc3c(c2C(N)=O)CCCCCC3)cc1. The number of fused-ring (bicyclic) bond motifs is 1. The highest BCUT2D eigenvalue weighted by atomic mass is 32.1. The molecule has 142 valence electrons. The van der Waals surface area contributed by atoms with Gasteiger partial charge < -0.3 is 15.8 Å². The van der Waals surface area contributed by atoms with Crippen molar-refractivity contribution in [2.75, 3.05) is 12.4 Å². The van der Waals surface area contributed by atoms with E-state index in [0.717, 1.165) is 42.6 Å². The zero-order valence-corrected chi connectivity index (χ0v) is 16.2. The van der Waals surface area contributed by atoms with E-state index in [1.54, 1.807) is 13.2 Å². The first kappa shape index (κ1) is 19.2. The number of benzene rings is 1. The lowest BCUT2D eigenvalue weighted by atomic mass is 9.96. The highest BCUT2D eigenvalue weighted by molar-refractivity contribution is 7.17. The number of methoxy groups -OCH3 is 1. The zero-order valence-electron chi connectivity index (χ0n) is 15.4. The normalized spacial score (nSPS) is 14.3. The smallest absolute Gasteiger partial charge is 0.251 e. The highest BCUT2D eigenvalue weighted by Crippen LogP contribution is 2.36. The molecule has 0 aliphatic heterocycles. The second kappa shape index (κ2) is 8.86. The van der Waals surface area contributed by atoms with Crippen molar-refractivity contribution in [2.45, 2.75) is 38.5 Å². The lowest BCUT2D eigenvalue weighted by Crippen LogP contribution is -2.17. The fourth-order valence-electron chi connectivity index (χ4n) is 3.31. The standard InChI is InChI=1S/C21H24N2O3S/c1-26-15-11-8-14(9-12-15)10-13-18(24)23-21-19(20(22)25)16-6-4-2-3-5-7-17(16)27-21/h8-13H,2-7H2,1H3,(H2,22,25)(H,23,24)/b13-10+. The summed E-state index contributed by atoms with van der Waals surface area (Å²) in [6.07, 6.45) is 9.51. The van der Waals surface area contributed by atoms with Crippen molar-refractivity contribution in [2.24, 2.45) is 5.73 Å². The summed E-state index contributed by atoms with van der Waals surface area (Å²) < 4.78 is 5.12. The van der Waals surface area contributed by atoms with E-state index in [0.29, 0.717) is 10.6 Å². The molecule has 1 aliphatic rings. The molecule has 1 aromatic carbocycles. The van der Waals surface area contributed by atoms with E-state index >= 15 is 0 Å². The van der Waals surface area contributed by atoms with Gasteiger partial charge >= 0.3 is 0 Å². The fraction of sp³-hybridized carbons (Fsp3) is 0.333. The molecule has 6 heteroatoms. The van der Waals surface area contributed by atoms with Gasteiger partial charge in [-0.2, -0.15) is 0 Å². The molecule has 2 amide bonds. The number of carbonyl (C=O) groups excluding carboxylic acids is 2. The number of anilines is 1. The molecular formula is C21H24N2O3S. The summed E-state index contributed by atoms with van der Waals surface area (Å²) in [5.74, 6) is 0.0174. The van der Waals surface area contributed by atoms with Crippen molar-refractivity contribution in [1.82, 2.24) is 0 Å². The lowest BCUT2D eigenvalue weighted by Gasteiger charge is -2.10. The Morgan fingerprint density at radius 3 is 2.48 bits per heavy atom. The van der Waals surface area contributed by atoms with Gasteiger partial charge in [0.05, 0.1) is 12.7 Å². The highest BCUT2D eigenvalue weighted by Gasteiger charge is 2.23. The number of hydrogen-bond donors (Lipinski definition) is 2. The van der Waals surface area contributed by atoms with Gasteiger partial charge in [0.1, 0.15) is 10.8 Å². The molecule has 27 heavy (non-hydrogen) atoms. The summed E-state index contributed by atoms with van der Waals surface area (Å²) in [6.45, 7) is 0. The summed E-state index contributed by atoms with van der Waals surface area (Å²) in [6, 6.07) is 7.41. The first-order valence-corrected chi connectivity index (χ1v) is 9.97. The molecule has 0 bridgehead atoms. The summed E-state index contributed by atoms with van der Waals surface area (Å²) in [5.41, 5.74) is 8.03. The Bertz CT molecular complexity index is 853. The van der Waals surface area contributed by atoms with Crippen molar-refractivity contribution in [3.8, 4) is 5.75 Å². The van der Waals surface area contributed by atoms with Gasteiger partial charge in [0.2, 0.25) is 5.91 Å². The van der Waals surface area contributed by atoms with Crippen LogP contribution in [0, 0.1) is 0 Å². The van der Waals surface area contributed by atoms with E-state index in [1.165, 1.54) is 35.1 Å². The van der Waals surface area contributed by atoms with Gasteiger partial charge in [0, 0.05) is 11.0 Å². The van der Waals surface area contributed by atoms with Gasteiger partial charge in [-0.1, -0.05) is 25.0 Å². The average molecular weight is 385 g/mol. The molecule has 0 saturated carbocycles. The third-order valence-electron chi connectivity index (χ3n) is 4.70. The lowest BCUT2D eigenvalue weighted by molar-refractivity contribution is -0.111. The van der Waals surface area contributed by atoms with Gasteiger partial charge in [-0.05, 0) is 55.0 Å². The number of carbonyl (C=O) groups is 2. The fourth-order valence-corrected chi connectivity index (χ4v) is 4.61. The van der Waals surface area contributed by atoms with E-state index < -0.39 is 5.91 Å². The summed E-state index contributed by atoms with van der Waals surface area (Å²) in [7, 11) is 1.61. The molecule has 0 unspecified atom stereocenters. The molecule has 1 aliphatic carbocycles. The Kier molecular flexibility index (Phi) is 6.29. The van der Waals surface area contributed by atoms with Crippen molar-refractivity contribution in [1.29, 1.82) is 0 Å². The van der Waals surface area contributed by atoms with Crippen LogP contribution in [0.25, 0.3) is 6.08 Å². The monoisotopic (exact) mass is 384 g/mol. The minimum absolute atomic E-state index is 0.275. The van der Waals surface area contributed by atoms with E-state index in [2.05, 4.69) is 5.32 Å². The molecule has 0 spiro atoms. The van der Waals surface area contributed by atoms with Crippen LogP contribution in [0.2, 0.25) is 0 Å². The largest absolute Gasteiger partial charge is 0.497 e. The molecule has 0 radical (unpaired) electrons. The van der Waals surface area contributed by atoms with Crippen LogP contribution < -0.4 is 15.8 Å². The van der Waals surface area contributed by atoms with E-state index in [9.17, 15) is 9.59 Å².